The average molecular weight is 255 g/mol. The molecule has 4 nitrogen and oxygen atoms in total. The van der Waals surface area contributed by atoms with Gasteiger partial charge in [0.25, 0.3) is 0 Å². The molecule has 0 saturated heterocycles. The summed E-state index contributed by atoms with van der Waals surface area (Å²) in [6, 6.07) is 13.2. The Balaban J connectivity index is 0.000000637. The van der Waals surface area contributed by atoms with Crippen LogP contribution >= 0.6 is 0 Å². The van der Waals surface area contributed by atoms with Gasteiger partial charge in [-0.25, -0.2) is 0 Å². The van der Waals surface area contributed by atoms with Crippen molar-refractivity contribution in [1.29, 1.82) is 0 Å². The molecule has 0 unspecified atom stereocenters. The van der Waals surface area contributed by atoms with Crippen molar-refractivity contribution in [3.63, 3.8) is 0 Å². The molecule has 0 atom stereocenters. The molecule has 98 valence electrons. The van der Waals surface area contributed by atoms with Crippen LogP contribution in [0.5, 0.6) is 5.75 Å². The Labute approximate surface area is 111 Å². The molecule has 3 aromatic rings. The lowest BCUT2D eigenvalue weighted by Gasteiger charge is -2.05. The van der Waals surface area contributed by atoms with Crippen molar-refractivity contribution < 1.29 is 5.11 Å². The number of nitrogens with two attached hydrogens (primary N) is 1. The van der Waals surface area contributed by atoms with Crippen LogP contribution in [0.1, 0.15) is 13.8 Å². The van der Waals surface area contributed by atoms with Gasteiger partial charge in [0.15, 0.2) is 0 Å². The summed E-state index contributed by atoms with van der Waals surface area (Å²) in [6.07, 6.45) is 0. The van der Waals surface area contributed by atoms with E-state index >= 15 is 0 Å². The maximum absolute atomic E-state index is 10.2. The number of nitrogens with one attached hydrogen (secondary N) is 1. The number of nitrogens with zero attached hydrogens (tertiary/aromatic N) is 1. The van der Waals surface area contributed by atoms with Gasteiger partial charge in [0.1, 0.15) is 11.6 Å². The zero-order valence-corrected chi connectivity index (χ0v) is 11.0. The molecule has 0 aliphatic rings. The number of hydrogen-bond acceptors (Lipinski definition) is 3. The smallest absolute Gasteiger partial charge is 0.145 e. The predicted molar refractivity (Wildman–Crippen MR) is 79.0 cm³/mol. The summed E-state index contributed by atoms with van der Waals surface area (Å²) in [7, 11) is 0. The van der Waals surface area contributed by atoms with Crippen LogP contribution in [-0.4, -0.2) is 15.3 Å². The number of phenolic OH excluding ortho intramolecular Hbond substituents is 1. The lowest BCUT2D eigenvalue weighted by atomic mass is 10.0. The molecule has 0 aliphatic carbocycles. The number of H-pyrrole nitrogens is 1. The van der Waals surface area contributed by atoms with Crippen molar-refractivity contribution >= 4 is 16.6 Å². The molecule has 0 saturated carbocycles. The summed E-state index contributed by atoms with van der Waals surface area (Å²) in [5, 5.41) is 18.7. The lowest BCUT2D eigenvalue weighted by Crippen LogP contribution is -1.81. The van der Waals surface area contributed by atoms with Crippen molar-refractivity contribution in [2.45, 2.75) is 13.8 Å². The van der Waals surface area contributed by atoms with Gasteiger partial charge in [0.05, 0.1) is 5.69 Å². The van der Waals surface area contributed by atoms with E-state index in [0.717, 1.165) is 10.8 Å². The van der Waals surface area contributed by atoms with Crippen molar-refractivity contribution in [3.05, 3.63) is 42.5 Å². The van der Waals surface area contributed by atoms with E-state index in [1.807, 2.05) is 50.2 Å². The standard InChI is InChI=1S/C13H11N3O.C2H6/c14-12-7-11(15-16-12)10-6-5-8-3-1-2-4-9(8)13(10)17;1-2/h1-7,17H,(H3,14,15,16);1-2H3. The number of phenols is 1. The van der Waals surface area contributed by atoms with E-state index in [-0.39, 0.29) is 5.75 Å². The number of nitrogen functional groups attached to an aromatic ring is 1. The fraction of sp³-hybridized carbons (Fsp3) is 0.133. The van der Waals surface area contributed by atoms with Crippen LogP contribution in [0.2, 0.25) is 0 Å². The van der Waals surface area contributed by atoms with E-state index < -0.39 is 0 Å². The van der Waals surface area contributed by atoms with Gasteiger partial charge in [-0.15, -0.1) is 0 Å². The molecule has 19 heavy (non-hydrogen) atoms. The number of aromatic hydroxyl groups is 1. The molecule has 4 heteroatoms. The van der Waals surface area contributed by atoms with Crippen molar-refractivity contribution in [2.24, 2.45) is 0 Å². The highest BCUT2D eigenvalue weighted by atomic mass is 16.3. The van der Waals surface area contributed by atoms with Gasteiger partial charge in [-0.3, -0.25) is 5.10 Å². The summed E-state index contributed by atoms with van der Waals surface area (Å²) in [4.78, 5) is 0. The largest absolute Gasteiger partial charge is 0.507 e. The van der Waals surface area contributed by atoms with E-state index in [1.165, 1.54) is 0 Å². The Bertz CT molecular complexity index is 689. The topological polar surface area (TPSA) is 74.9 Å². The van der Waals surface area contributed by atoms with Crippen molar-refractivity contribution in [2.75, 3.05) is 5.73 Å². The van der Waals surface area contributed by atoms with Crippen LogP contribution in [0.25, 0.3) is 22.0 Å². The van der Waals surface area contributed by atoms with Gasteiger partial charge in [0.2, 0.25) is 0 Å². The first-order valence-electron chi connectivity index (χ1n) is 6.27. The van der Waals surface area contributed by atoms with E-state index in [0.29, 0.717) is 17.1 Å². The van der Waals surface area contributed by atoms with Crippen LogP contribution in [0.3, 0.4) is 0 Å². The number of aromatic nitrogens is 2. The maximum Gasteiger partial charge on any atom is 0.145 e. The Kier molecular flexibility index (Phi) is 3.71. The number of hydrogen-bond donors (Lipinski definition) is 3. The molecular formula is C15H17N3O. The van der Waals surface area contributed by atoms with Gasteiger partial charge in [0, 0.05) is 17.0 Å². The maximum atomic E-state index is 10.2. The Morgan fingerprint density at radius 2 is 1.84 bits per heavy atom. The van der Waals surface area contributed by atoms with E-state index in [9.17, 15) is 5.11 Å². The highest BCUT2D eigenvalue weighted by molar-refractivity contribution is 5.94. The molecule has 3 rings (SSSR count). The van der Waals surface area contributed by atoms with Gasteiger partial charge in [-0.2, -0.15) is 5.10 Å². The fourth-order valence-corrected chi connectivity index (χ4v) is 1.95. The summed E-state index contributed by atoms with van der Waals surface area (Å²) < 4.78 is 0. The summed E-state index contributed by atoms with van der Waals surface area (Å²) in [5.74, 6) is 0.652. The van der Waals surface area contributed by atoms with Gasteiger partial charge >= 0.3 is 0 Å². The van der Waals surface area contributed by atoms with Crippen LogP contribution < -0.4 is 5.73 Å². The molecule has 4 N–H and O–H groups in total. The molecule has 0 aliphatic heterocycles. The fourth-order valence-electron chi connectivity index (χ4n) is 1.95. The third-order valence-electron chi connectivity index (χ3n) is 2.79. The van der Waals surface area contributed by atoms with Crippen molar-refractivity contribution in [1.82, 2.24) is 10.2 Å². The first-order chi connectivity index (χ1) is 9.25. The average Bonchev–Trinajstić information content (AvgIpc) is 2.88. The second kappa shape index (κ2) is 5.44. The predicted octanol–water partition coefficient (Wildman–Crippen LogP) is 3.54. The number of fused-ring (bicyclic) bond motifs is 1. The van der Waals surface area contributed by atoms with Crippen LogP contribution in [0.15, 0.2) is 42.5 Å². The quantitative estimate of drug-likeness (QED) is 0.622. The third kappa shape index (κ3) is 2.38. The van der Waals surface area contributed by atoms with Crippen molar-refractivity contribution in [3.8, 4) is 17.0 Å². The zero-order valence-electron chi connectivity index (χ0n) is 11.0. The van der Waals surface area contributed by atoms with E-state index in [2.05, 4.69) is 10.2 Å². The minimum atomic E-state index is 0.242. The van der Waals surface area contributed by atoms with Crippen LogP contribution in [-0.2, 0) is 0 Å². The number of aromatic amines is 1. The first-order valence-corrected chi connectivity index (χ1v) is 6.27. The summed E-state index contributed by atoms with van der Waals surface area (Å²) in [5.41, 5.74) is 6.97. The van der Waals surface area contributed by atoms with Gasteiger partial charge in [-0.05, 0) is 11.5 Å². The molecular weight excluding hydrogens is 238 g/mol. The number of anilines is 1. The highest BCUT2D eigenvalue weighted by Gasteiger charge is 2.09. The molecule has 1 aromatic heterocycles. The second-order valence-corrected chi connectivity index (χ2v) is 3.89. The van der Waals surface area contributed by atoms with E-state index in [1.54, 1.807) is 6.07 Å². The molecule has 0 radical (unpaired) electrons. The minimum absolute atomic E-state index is 0.242. The molecule has 2 aromatic carbocycles. The monoisotopic (exact) mass is 255 g/mol. The molecule has 0 spiro atoms. The Morgan fingerprint density at radius 1 is 1.11 bits per heavy atom. The normalized spacial score (nSPS) is 10.0. The van der Waals surface area contributed by atoms with Crippen LogP contribution in [0.4, 0.5) is 5.82 Å². The van der Waals surface area contributed by atoms with E-state index in [4.69, 9.17) is 5.73 Å². The van der Waals surface area contributed by atoms with Gasteiger partial charge < -0.3 is 10.8 Å². The third-order valence-corrected chi connectivity index (χ3v) is 2.79. The van der Waals surface area contributed by atoms with Gasteiger partial charge in [-0.1, -0.05) is 44.2 Å². The Hall–Kier alpha value is -2.49. The molecule has 0 bridgehead atoms. The second-order valence-electron chi connectivity index (χ2n) is 3.89. The highest BCUT2D eigenvalue weighted by Crippen LogP contribution is 2.35. The molecule has 1 heterocycles. The molecule has 0 fully saturated rings. The first kappa shape index (κ1) is 13.0. The number of rotatable bonds is 1. The SMILES string of the molecule is CC.Nc1cc(-c2ccc3ccccc3c2O)[nH]n1. The minimum Gasteiger partial charge on any atom is -0.507 e. The molecule has 0 amide bonds. The Morgan fingerprint density at radius 3 is 2.53 bits per heavy atom. The lowest BCUT2D eigenvalue weighted by molar-refractivity contribution is 0.483. The summed E-state index contributed by atoms with van der Waals surface area (Å²) >= 11 is 0. The number of benzene rings is 2. The summed E-state index contributed by atoms with van der Waals surface area (Å²) in [6.45, 7) is 4.00. The van der Waals surface area contributed by atoms with Crippen LogP contribution in [0, 0.1) is 0 Å². The zero-order chi connectivity index (χ0) is 13.8.